The average Bonchev–Trinajstić information content (AvgIpc) is 3.02. The number of carboxylic acid groups (broad SMARTS) is 1. The molecule has 0 aliphatic carbocycles. The van der Waals surface area contributed by atoms with Crippen LogP contribution in [-0.4, -0.2) is 44.0 Å². The molecule has 2 aromatic rings. The summed E-state index contributed by atoms with van der Waals surface area (Å²) in [6.07, 6.45) is 9.15. The molecule has 0 aromatic heterocycles. The molecule has 0 unspecified atom stereocenters. The van der Waals surface area contributed by atoms with Gasteiger partial charge in [0.2, 0.25) is 5.91 Å². The van der Waals surface area contributed by atoms with Crippen LogP contribution in [0.2, 0.25) is 0 Å². The van der Waals surface area contributed by atoms with E-state index in [4.69, 9.17) is 9.84 Å². The molecular formula is C31H42N2O6S2. The van der Waals surface area contributed by atoms with Gasteiger partial charge in [0.25, 0.3) is 0 Å². The number of nitrogens with one attached hydrogen (secondary N) is 1. The summed E-state index contributed by atoms with van der Waals surface area (Å²) < 4.78 is 33.9. The molecule has 3 rings (SSSR count). The SMILES string of the molecule is CCCCC1(CCCC)CN(c2ccc(NC(=O)C(C)C)cc2)c2cc(SC)c(OC=CC(=O)O)cc2S(=O)(=O)C1. The lowest BCUT2D eigenvalue weighted by atomic mass is 9.79. The number of aliphatic carboxylic acids is 1. The molecule has 2 N–H and O–H groups in total. The third kappa shape index (κ3) is 8.29. The molecule has 0 bridgehead atoms. The number of anilines is 3. The first-order chi connectivity index (χ1) is 19.4. The Morgan fingerprint density at radius 2 is 1.76 bits per heavy atom. The molecule has 1 aliphatic heterocycles. The summed E-state index contributed by atoms with van der Waals surface area (Å²) in [6.45, 7) is 8.44. The van der Waals surface area contributed by atoms with Crippen molar-refractivity contribution in [2.45, 2.75) is 76.0 Å². The largest absolute Gasteiger partial charge is 0.478 e. The minimum Gasteiger partial charge on any atom is -0.478 e. The summed E-state index contributed by atoms with van der Waals surface area (Å²) in [6, 6.07) is 10.9. The lowest BCUT2D eigenvalue weighted by Crippen LogP contribution is -2.38. The number of carboxylic acids is 1. The van der Waals surface area contributed by atoms with Gasteiger partial charge in [0.15, 0.2) is 9.84 Å². The second kappa shape index (κ2) is 14.3. The van der Waals surface area contributed by atoms with E-state index >= 15 is 0 Å². The van der Waals surface area contributed by atoms with Crippen molar-refractivity contribution in [1.82, 2.24) is 0 Å². The summed E-state index contributed by atoms with van der Waals surface area (Å²) in [4.78, 5) is 26.2. The van der Waals surface area contributed by atoms with Crippen LogP contribution in [0.1, 0.15) is 66.2 Å². The highest BCUT2D eigenvalue weighted by molar-refractivity contribution is 7.98. The number of hydrogen-bond acceptors (Lipinski definition) is 7. The number of rotatable bonds is 13. The Kier molecular flexibility index (Phi) is 11.3. The molecule has 1 heterocycles. The Morgan fingerprint density at radius 3 is 2.29 bits per heavy atom. The van der Waals surface area contributed by atoms with Gasteiger partial charge in [-0.3, -0.25) is 4.79 Å². The number of fused-ring (bicyclic) bond motifs is 1. The molecular weight excluding hydrogens is 560 g/mol. The predicted molar refractivity (Wildman–Crippen MR) is 166 cm³/mol. The maximum atomic E-state index is 14.1. The molecule has 1 amide bonds. The summed E-state index contributed by atoms with van der Waals surface area (Å²) in [5, 5.41) is 11.9. The second-order valence-electron chi connectivity index (χ2n) is 11.0. The maximum absolute atomic E-state index is 14.1. The minimum atomic E-state index is -3.74. The molecule has 8 nitrogen and oxygen atoms in total. The summed E-state index contributed by atoms with van der Waals surface area (Å²) in [5.41, 5.74) is 1.61. The molecule has 0 fully saturated rings. The fourth-order valence-corrected chi connectivity index (χ4v) is 7.78. The highest BCUT2D eigenvalue weighted by Gasteiger charge is 2.42. The van der Waals surface area contributed by atoms with Crippen molar-refractivity contribution < 1.29 is 27.9 Å². The number of ether oxygens (including phenoxy) is 1. The van der Waals surface area contributed by atoms with E-state index in [1.165, 1.54) is 17.8 Å². The smallest absolute Gasteiger partial charge is 0.331 e. The molecule has 0 spiro atoms. The molecule has 0 atom stereocenters. The van der Waals surface area contributed by atoms with E-state index in [0.29, 0.717) is 28.6 Å². The fourth-order valence-electron chi connectivity index (χ4n) is 5.13. The lowest BCUT2D eigenvalue weighted by molar-refractivity contribution is -0.131. The molecule has 0 saturated carbocycles. The van der Waals surface area contributed by atoms with Crippen molar-refractivity contribution >= 4 is 50.5 Å². The topological polar surface area (TPSA) is 113 Å². The van der Waals surface area contributed by atoms with E-state index in [1.807, 2.05) is 50.4 Å². The van der Waals surface area contributed by atoms with E-state index in [1.54, 1.807) is 0 Å². The first-order valence-electron chi connectivity index (χ1n) is 14.1. The predicted octanol–water partition coefficient (Wildman–Crippen LogP) is 7.27. The van der Waals surface area contributed by atoms with Crippen LogP contribution in [0, 0.1) is 11.3 Å². The second-order valence-corrected chi connectivity index (χ2v) is 13.8. The Labute approximate surface area is 248 Å². The van der Waals surface area contributed by atoms with Crippen molar-refractivity contribution in [2.24, 2.45) is 11.3 Å². The van der Waals surface area contributed by atoms with Gasteiger partial charge >= 0.3 is 5.97 Å². The normalized spacial score (nSPS) is 15.9. The maximum Gasteiger partial charge on any atom is 0.331 e. The monoisotopic (exact) mass is 602 g/mol. The van der Waals surface area contributed by atoms with E-state index in [9.17, 15) is 18.0 Å². The van der Waals surface area contributed by atoms with E-state index in [2.05, 4.69) is 24.1 Å². The van der Waals surface area contributed by atoms with Crippen molar-refractivity contribution in [3.8, 4) is 5.75 Å². The van der Waals surface area contributed by atoms with Crippen LogP contribution >= 0.6 is 11.8 Å². The Balaban J connectivity index is 2.20. The minimum absolute atomic E-state index is 0.0229. The van der Waals surface area contributed by atoms with Gasteiger partial charge in [-0.1, -0.05) is 53.4 Å². The molecule has 224 valence electrons. The number of carbonyl (C=O) groups excluding carboxylic acids is 1. The zero-order valence-electron chi connectivity index (χ0n) is 24.6. The average molecular weight is 603 g/mol. The Hall–Kier alpha value is -2.98. The van der Waals surface area contributed by atoms with Gasteiger partial charge in [0, 0.05) is 35.3 Å². The van der Waals surface area contributed by atoms with Crippen LogP contribution in [-0.2, 0) is 19.4 Å². The number of carbonyl (C=O) groups is 2. The summed E-state index contributed by atoms with van der Waals surface area (Å²) in [7, 11) is -3.74. The quantitative estimate of drug-likeness (QED) is 0.140. The Bertz CT molecular complexity index is 1350. The van der Waals surface area contributed by atoms with Gasteiger partial charge in [-0.05, 0) is 49.4 Å². The van der Waals surface area contributed by atoms with Gasteiger partial charge in [-0.2, -0.15) is 0 Å². The van der Waals surface area contributed by atoms with Crippen LogP contribution in [0.4, 0.5) is 17.1 Å². The van der Waals surface area contributed by atoms with Crippen LogP contribution in [0.3, 0.4) is 0 Å². The van der Waals surface area contributed by atoms with Gasteiger partial charge < -0.3 is 20.1 Å². The molecule has 2 aromatic carbocycles. The van der Waals surface area contributed by atoms with Gasteiger partial charge in [-0.15, -0.1) is 11.8 Å². The number of amides is 1. The van der Waals surface area contributed by atoms with E-state index in [-0.39, 0.29) is 22.5 Å². The van der Waals surface area contributed by atoms with E-state index in [0.717, 1.165) is 56.6 Å². The van der Waals surface area contributed by atoms with Crippen LogP contribution in [0.25, 0.3) is 0 Å². The highest BCUT2D eigenvalue weighted by atomic mass is 32.2. The zero-order valence-corrected chi connectivity index (χ0v) is 26.2. The van der Waals surface area contributed by atoms with Crippen molar-refractivity contribution in [3.63, 3.8) is 0 Å². The van der Waals surface area contributed by atoms with Crippen molar-refractivity contribution in [3.05, 3.63) is 48.7 Å². The molecule has 1 aliphatic rings. The molecule has 10 heteroatoms. The van der Waals surface area contributed by atoms with Crippen LogP contribution in [0.15, 0.2) is 58.5 Å². The standard InChI is InChI=1S/C31H42N2O6S2/c1-6-8-15-31(16-9-7-2)20-33(24-12-10-23(11-13-24)32-30(36)22(3)4)25-18-27(40-5)26(39-17-14-29(34)35)19-28(25)41(37,38)21-31/h10-14,17-19,22H,6-9,15-16,20-21H2,1-5H3,(H,32,36)(H,34,35). The van der Waals surface area contributed by atoms with E-state index < -0.39 is 21.2 Å². The van der Waals surface area contributed by atoms with Gasteiger partial charge in [0.1, 0.15) is 5.75 Å². The molecule has 0 saturated heterocycles. The first kappa shape index (κ1) is 32.5. The van der Waals surface area contributed by atoms with Gasteiger partial charge in [-0.25, -0.2) is 13.2 Å². The Morgan fingerprint density at radius 1 is 1.12 bits per heavy atom. The lowest BCUT2D eigenvalue weighted by Gasteiger charge is -2.37. The summed E-state index contributed by atoms with van der Waals surface area (Å²) in [5.74, 6) is -1.07. The number of hydrogen-bond donors (Lipinski definition) is 2. The van der Waals surface area contributed by atoms with Crippen LogP contribution < -0.4 is 15.0 Å². The summed E-state index contributed by atoms with van der Waals surface area (Å²) >= 11 is 1.40. The first-order valence-corrected chi connectivity index (χ1v) is 17.0. The number of nitrogens with zero attached hydrogens (tertiary/aromatic N) is 1. The molecule has 41 heavy (non-hydrogen) atoms. The third-order valence-corrected chi connectivity index (χ3v) is 10.1. The third-order valence-electron chi connectivity index (χ3n) is 7.36. The number of thioether (sulfide) groups is 1. The highest BCUT2D eigenvalue weighted by Crippen LogP contribution is 2.48. The van der Waals surface area contributed by atoms with Crippen LogP contribution in [0.5, 0.6) is 5.75 Å². The van der Waals surface area contributed by atoms with Gasteiger partial charge in [0.05, 0.1) is 33.6 Å². The zero-order chi connectivity index (χ0) is 30.2. The van der Waals surface area contributed by atoms with Crippen molar-refractivity contribution in [2.75, 3.05) is 28.8 Å². The number of unbranched alkanes of at least 4 members (excludes halogenated alkanes) is 2. The fraction of sp³-hybridized carbons (Fsp3) is 0.484. The molecule has 0 radical (unpaired) electrons. The number of sulfone groups is 1. The number of benzene rings is 2. The van der Waals surface area contributed by atoms with Crippen molar-refractivity contribution in [1.29, 1.82) is 0 Å².